The molecule has 3 heteroatoms. The quantitative estimate of drug-likeness (QED) is 0.604. The Morgan fingerprint density at radius 2 is 1.27 bits per heavy atom. The Balaban J connectivity index is 0.000000921. The average molecular weight is 212 g/mol. The highest BCUT2D eigenvalue weighted by Gasteiger charge is 2.48. The standard InChI is InChI=1S/C10H22N2O.C2H2/c1-8(2)6-10(5,11)7-9(3,4)12(8)13;1-2/h13H,6-7,11H2,1-5H3;1-2H. The van der Waals surface area contributed by atoms with Crippen molar-refractivity contribution in [2.75, 3.05) is 0 Å². The van der Waals surface area contributed by atoms with Crippen molar-refractivity contribution >= 4 is 0 Å². The fourth-order valence-corrected chi connectivity index (χ4v) is 3.01. The first-order valence-corrected chi connectivity index (χ1v) is 5.18. The molecule has 15 heavy (non-hydrogen) atoms. The predicted octanol–water partition coefficient (Wildman–Crippen LogP) is 2.00. The summed E-state index contributed by atoms with van der Waals surface area (Å²) in [5.74, 6) is 0. The molecule has 1 aliphatic rings. The van der Waals surface area contributed by atoms with E-state index in [1.165, 1.54) is 5.06 Å². The van der Waals surface area contributed by atoms with E-state index < -0.39 is 0 Å². The number of terminal acetylenes is 1. The second kappa shape index (κ2) is 4.13. The zero-order chi connectivity index (χ0) is 12.5. The van der Waals surface area contributed by atoms with Crippen LogP contribution in [0.1, 0.15) is 47.5 Å². The number of rotatable bonds is 0. The van der Waals surface area contributed by atoms with Crippen molar-refractivity contribution in [2.24, 2.45) is 5.73 Å². The van der Waals surface area contributed by atoms with Crippen molar-refractivity contribution in [2.45, 2.75) is 64.1 Å². The molecule has 1 fully saturated rings. The monoisotopic (exact) mass is 212 g/mol. The van der Waals surface area contributed by atoms with E-state index in [2.05, 4.69) is 19.8 Å². The van der Waals surface area contributed by atoms with Gasteiger partial charge in [0.2, 0.25) is 0 Å². The van der Waals surface area contributed by atoms with Crippen molar-refractivity contribution < 1.29 is 5.21 Å². The molecule has 0 aliphatic carbocycles. The van der Waals surface area contributed by atoms with Crippen LogP contribution in [0.25, 0.3) is 0 Å². The van der Waals surface area contributed by atoms with E-state index in [0.29, 0.717) is 0 Å². The van der Waals surface area contributed by atoms with Crippen molar-refractivity contribution in [3.05, 3.63) is 0 Å². The zero-order valence-electron chi connectivity index (χ0n) is 10.5. The lowest BCUT2D eigenvalue weighted by molar-refractivity contribution is -0.252. The molecule has 3 nitrogen and oxygen atoms in total. The van der Waals surface area contributed by atoms with E-state index in [9.17, 15) is 5.21 Å². The molecule has 0 unspecified atom stereocenters. The fraction of sp³-hybridized carbons (Fsp3) is 0.833. The van der Waals surface area contributed by atoms with Crippen LogP contribution in [0.3, 0.4) is 0 Å². The Morgan fingerprint density at radius 3 is 1.53 bits per heavy atom. The van der Waals surface area contributed by atoms with Crippen LogP contribution in [0.15, 0.2) is 0 Å². The number of piperidine rings is 1. The summed E-state index contributed by atoms with van der Waals surface area (Å²) in [4.78, 5) is 0. The van der Waals surface area contributed by atoms with Gasteiger partial charge >= 0.3 is 0 Å². The van der Waals surface area contributed by atoms with Crippen LogP contribution >= 0.6 is 0 Å². The topological polar surface area (TPSA) is 49.5 Å². The van der Waals surface area contributed by atoms with Gasteiger partial charge in [-0.15, -0.1) is 12.8 Å². The van der Waals surface area contributed by atoms with Crippen LogP contribution < -0.4 is 5.73 Å². The maximum Gasteiger partial charge on any atom is 0.0427 e. The van der Waals surface area contributed by atoms with E-state index in [4.69, 9.17) is 5.73 Å². The summed E-state index contributed by atoms with van der Waals surface area (Å²) in [5.41, 5.74) is 5.52. The third kappa shape index (κ3) is 3.20. The average Bonchev–Trinajstić information content (AvgIpc) is 2.00. The lowest BCUT2D eigenvalue weighted by Crippen LogP contribution is -2.65. The Hall–Kier alpha value is -0.560. The van der Waals surface area contributed by atoms with Gasteiger partial charge in [-0.2, -0.15) is 5.06 Å². The zero-order valence-corrected chi connectivity index (χ0v) is 10.5. The normalized spacial score (nSPS) is 27.5. The lowest BCUT2D eigenvalue weighted by Gasteiger charge is -2.54. The third-order valence-electron chi connectivity index (χ3n) is 2.82. The van der Waals surface area contributed by atoms with Gasteiger partial charge in [0.1, 0.15) is 0 Å². The second-order valence-corrected chi connectivity index (χ2v) is 5.94. The van der Waals surface area contributed by atoms with Crippen LogP contribution in [-0.2, 0) is 0 Å². The van der Waals surface area contributed by atoms with Crippen molar-refractivity contribution in [3.8, 4) is 12.8 Å². The molecule has 1 saturated heterocycles. The van der Waals surface area contributed by atoms with Gasteiger partial charge in [0.25, 0.3) is 0 Å². The first kappa shape index (κ1) is 14.4. The van der Waals surface area contributed by atoms with Gasteiger partial charge in [0.15, 0.2) is 0 Å². The second-order valence-electron chi connectivity index (χ2n) is 5.94. The first-order chi connectivity index (χ1) is 6.57. The molecule has 0 spiro atoms. The Labute approximate surface area is 93.6 Å². The SMILES string of the molecule is C#C.CC1(N)CC(C)(C)N(O)C(C)(C)C1. The molecule has 0 aromatic carbocycles. The van der Waals surface area contributed by atoms with Gasteiger partial charge in [0, 0.05) is 16.6 Å². The molecule has 1 aliphatic heterocycles. The maximum absolute atomic E-state index is 9.97. The number of hydrogen-bond acceptors (Lipinski definition) is 3. The molecule has 88 valence electrons. The molecular weight excluding hydrogens is 188 g/mol. The van der Waals surface area contributed by atoms with Gasteiger partial charge in [-0.1, -0.05) is 0 Å². The van der Waals surface area contributed by atoms with Gasteiger partial charge in [-0.25, -0.2) is 0 Å². The molecule has 0 atom stereocenters. The van der Waals surface area contributed by atoms with Crippen LogP contribution in [-0.4, -0.2) is 26.9 Å². The molecule has 3 N–H and O–H groups in total. The van der Waals surface area contributed by atoms with Crippen LogP contribution in [0.5, 0.6) is 0 Å². The minimum absolute atomic E-state index is 0.174. The van der Waals surface area contributed by atoms with Crippen LogP contribution in [0.2, 0.25) is 0 Å². The van der Waals surface area contributed by atoms with Crippen LogP contribution in [0.4, 0.5) is 0 Å². The Bertz CT molecular complexity index is 221. The molecule has 1 heterocycles. The van der Waals surface area contributed by atoms with Gasteiger partial charge in [-0.3, -0.25) is 0 Å². The van der Waals surface area contributed by atoms with Gasteiger partial charge in [0.05, 0.1) is 0 Å². The molecule has 1 rings (SSSR count). The van der Waals surface area contributed by atoms with E-state index in [1.54, 1.807) is 0 Å². The maximum atomic E-state index is 9.97. The van der Waals surface area contributed by atoms with E-state index in [1.807, 2.05) is 27.7 Å². The summed E-state index contributed by atoms with van der Waals surface area (Å²) in [5, 5.41) is 11.4. The van der Waals surface area contributed by atoms with Crippen molar-refractivity contribution in [1.82, 2.24) is 5.06 Å². The number of nitrogens with two attached hydrogens (primary N) is 1. The Kier molecular flexibility index (Phi) is 3.98. The minimum Gasteiger partial charge on any atom is -0.325 e. The highest BCUT2D eigenvalue weighted by atomic mass is 16.5. The third-order valence-corrected chi connectivity index (χ3v) is 2.82. The fourth-order valence-electron chi connectivity index (χ4n) is 3.01. The molecular formula is C12H24N2O. The summed E-state index contributed by atoms with van der Waals surface area (Å²) in [6.07, 6.45) is 9.64. The molecule has 0 saturated carbocycles. The minimum atomic E-state index is -0.231. The summed E-state index contributed by atoms with van der Waals surface area (Å²) < 4.78 is 0. The van der Waals surface area contributed by atoms with Crippen LogP contribution in [0, 0.1) is 12.8 Å². The summed E-state index contributed by atoms with van der Waals surface area (Å²) in [7, 11) is 0. The number of nitrogens with zero attached hydrogens (tertiary/aromatic N) is 1. The molecule has 0 aromatic rings. The molecule has 0 amide bonds. The van der Waals surface area contributed by atoms with E-state index in [0.717, 1.165) is 12.8 Å². The van der Waals surface area contributed by atoms with Crippen molar-refractivity contribution in [1.29, 1.82) is 0 Å². The first-order valence-electron chi connectivity index (χ1n) is 5.18. The predicted molar refractivity (Wildman–Crippen MR) is 63.5 cm³/mol. The molecule has 0 bridgehead atoms. The Morgan fingerprint density at radius 1 is 1.00 bits per heavy atom. The highest BCUT2D eigenvalue weighted by molar-refractivity contribution is 5.03. The molecule has 0 aromatic heterocycles. The van der Waals surface area contributed by atoms with E-state index in [-0.39, 0.29) is 16.6 Å². The largest absolute Gasteiger partial charge is 0.325 e. The lowest BCUT2D eigenvalue weighted by atomic mass is 9.72. The highest BCUT2D eigenvalue weighted by Crippen LogP contribution is 2.40. The molecule has 0 radical (unpaired) electrons. The number of hydrogen-bond donors (Lipinski definition) is 2. The van der Waals surface area contributed by atoms with Gasteiger partial charge in [-0.05, 0) is 47.5 Å². The van der Waals surface area contributed by atoms with Gasteiger partial charge < -0.3 is 10.9 Å². The van der Waals surface area contributed by atoms with E-state index >= 15 is 0 Å². The summed E-state index contributed by atoms with van der Waals surface area (Å²) >= 11 is 0. The summed E-state index contributed by atoms with van der Waals surface area (Å²) in [6, 6.07) is 0. The summed E-state index contributed by atoms with van der Waals surface area (Å²) in [6.45, 7) is 10.2. The van der Waals surface area contributed by atoms with Crippen molar-refractivity contribution in [3.63, 3.8) is 0 Å². The number of hydroxylamine groups is 2. The smallest absolute Gasteiger partial charge is 0.0427 e.